The van der Waals surface area contributed by atoms with Gasteiger partial charge in [-0.3, -0.25) is 9.78 Å². The number of carbonyl (C=O) groups excluding carboxylic acids is 2. The van der Waals surface area contributed by atoms with E-state index < -0.39 is 17.8 Å². The van der Waals surface area contributed by atoms with E-state index in [0.29, 0.717) is 17.0 Å². The quantitative estimate of drug-likeness (QED) is 0.605. The van der Waals surface area contributed by atoms with Crippen LogP contribution in [0.15, 0.2) is 59.5 Å². The molecule has 0 spiro atoms. The molecule has 0 unspecified atom stereocenters. The van der Waals surface area contributed by atoms with Gasteiger partial charge in [-0.1, -0.05) is 12.0 Å². The largest absolute Gasteiger partial charge is 0.469 e. The SMILES string of the molecule is C#CCN(Cc1cccnc1)C(=O)Nc1ccc(F)c(NC(=O)c2ccoc2C)c1. The first-order chi connectivity index (χ1) is 14.5. The Morgan fingerprint density at radius 1 is 1.27 bits per heavy atom. The molecule has 3 aromatic rings. The molecule has 2 N–H and O–H groups in total. The lowest BCUT2D eigenvalue weighted by molar-refractivity contribution is 0.102. The number of hydrogen-bond donors (Lipinski definition) is 2. The number of aromatic nitrogens is 1. The minimum Gasteiger partial charge on any atom is -0.469 e. The van der Waals surface area contributed by atoms with E-state index in [1.54, 1.807) is 25.4 Å². The van der Waals surface area contributed by atoms with Gasteiger partial charge in [0.2, 0.25) is 0 Å². The third kappa shape index (κ3) is 5.02. The molecule has 3 amide bonds. The van der Waals surface area contributed by atoms with Gasteiger partial charge in [-0.25, -0.2) is 9.18 Å². The summed E-state index contributed by atoms with van der Waals surface area (Å²) in [4.78, 5) is 30.4. The van der Waals surface area contributed by atoms with E-state index in [2.05, 4.69) is 21.5 Å². The van der Waals surface area contributed by atoms with Crippen LogP contribution in [0.3, 0.4) is 0 Å². The first-order valence-electron chi connectivity index (χ1n) is 9.01. The van der Waals surface area contributed by atoms with Gasteiger partial charge in [-0.15, -0.1) is 6.42 Å². The van der Waals surface area contributed by atoms with Crippen molar-refractivity contribution in [1.82, 2.24) is 9.88 Å². The van der Waals surface area contributed by atoms with E-state index in [9.17, 15) is 14.0 Å². The van der Waals surface area contributed by atoms with Crippen LogP contribution >= 0.6 is 0 Å². The van der Waals surface area contributed by atoms with Gasteiger partial charge in [-0.05, 0) is 42.8 Å². The van der Waals surface area contributed by atoms with E-state index >= 15 is 0 Å². The summed E-state index contributed by atoms with van der Waals surface area (Å²) in [5.74, 6) is 1.70. The van der Waals surface area contributed by atoms with Gasteiger partial charge in [0, 0.05) is 24.6 Å². The van der Waals surface area contributed by atoms with Gasteiger partial charge in [0.25, 0.3) is 5.91 Å². The van der Waals surface area contributed by atoms with Crippen LogP contribution in [0.25, 0.3) is 0 Å². The van der Waals surface area contributed by atoms with Crippen molar-refractivity contribution in [3.05, 3.63) is 77.8 Å². The predicted molar refractivity (Wildman–Crippen MR) is 110 cm³/mol. The highest BCUT2D eigenvalue weighted by molar-refractivity contribution is 6.05. The summed E-state index contributed by atoms with van der Waals surface area (Å²) in [5, 5.41) is 5.15. The summed E-state index contributed by atoms with van der Waals surface area (Å²) in [6.07, 6.45) is 10.0. The zero-order valence-corrected chi connectivity index (χ0v) is 16.2. The molecular weight excluding hydrogens is 387 g/mol. The maximum absolute atomic E-state index is 14.2. The van der Waals surface area contributed by atoms with Crippen LogP contribution in [0.2, 0.25) is 0 Å². The van der Waals surface area contributed by atoms with Crippen molar-refractivity contribution < 1.29 is 18.4 Å². The number of pyridine rings is 1. The van der Waals surface area contributed by atoms with Crippen molar-refractivity contribution in [2.45, 2.75) is 13.5 Å². The van der Waals surface area contributed by atoms with Gasteiger partial charge in [0.1, 0.15) is 11.6 Å². The third-order valence-corrected chi connectivity index (χ3v) is 4.23. The number of urea groups is 1. The standard InChI is InChI=1S/C22H19FN4O3/c1-3-10-27(14-16-5-4-9-24-13-16)22(29)25-17-6-7-19(23)20(12-17)26-21(28)18-8-11-30-15(18)2/h1,4-9,11-13H,10,14H2,2H3,(H,25,29)(H,26,28). The van der Waals surface area contributed by atoms with Crippen molar-refractivity contribution in [3.63, 3.8) is 0 Å². The second-order valence-corrected chi connectivity index (χ2v) is 6.39. The molecule has 7 nitrogen and oxygen atoms in total. The first kappa shape index (κ1) is 20.6. The van der Waals surface area contributed by atoms with E-state index in [4.69, 9.17) is 10.8 Å². The van der Waals surface area contributed by atoms with Crippen LogP contribution < -0.4 is 10.6 Å². The molecule has 2 heterocycles. The summed E-state index contributed by atoms with van der Waals surface area (Å²) >= 11 is 0. The molecule has 0 atom stereocenters. The van der Waals surface area contributed by atoms with Gasteiger partial charge < -0.3 is 20.0 Å². The molecule has 0 radical (unpaired) electrons. The summed E-state index contributed by atoms with van der Waals surface area (Å²) in [6.45, 7) is 1.96. The van der Waals surface area contributed by atoms with Gasteiger partial charge in [0.05, 0.1) is 24.1 Å². The molecule has 0 fully saturated rings. The molecule has 152 valence electrons. The molecule has 3 rings (SSSR count). The molecule has 2 aromatic heterocycles. The lowest BCUT2D eigenvalue weighted by Gasteiger charge is -2.21. The molecule has 0 aliphatic heterocycles. The van der Waals surface area contributed by atoms with Crippen molar-refractivity contribution in [2.24, 2.45) is 0 Å². The number of anilines is 2. The maximum atomic E-state index is 14.2. The van der Waals surface area contributed by atoms with E-state index in [0.717, 1.165) is 11.6 Å². The topological polar surface area (TPSA) is 87.5 Å². The Labute approximate surface area is 172 Å². The lowest BCUT2D eigenvalue weighted by atomic mass is 10.2. The van der Waals surface area contributed by atoms with E-state index in [1.165, 1.54) is 29.4 Å². The summed E-state index contributed by atoms with van der Waals surface area (Å²) < 4.78 is 19.3. The van der Waals surface area contributed by atoms with Crippen LogP contribution in [-0.2, 0) is 6.54 Å². The fraction of sp³-hybridized carbons (Fsp3) is 0.136. The van der Waals surface area contributed by atoms with Crippen molar-refractivity contribution in [1.29, 1.82) is 0 Å². The van der Waals surface area contributed by atoms with Crippen molar-refractivity contribution in [3.8, 4) is 12.3 Å². The number of furan rings is 1. The molecule has 8 heteroatoms. The van der Waals surface area contributed by atoms with Crippen molar-refractivity contribution in [2.75, 3.05) is 17.2 Å². The lowest BCUT2D eigenvalue weighted by Crippen LogP contribution is -2.34. The zero-order valence-electron chi connectivity index (χ0n) is 16.2. The summed E-state index contributed by atoms with van der Waals surface area (Å²) in [7, 11) is 0. The molecule has 0 saturated carbocycles. The number of terminal acetylenes is 1. The van der Waals surface area contributed by atoms with Crippen LogP contribution in [0.1, 0.15) is 21.7 Å². The Morgan fingerprint density at radius 2 is 2.10 bits per heavy atom. The van der Waals surface area contributed by atoms with Crippen LogP contribution in [0.5, 0.6) is 0 Å². The average Bonchev–Trinajstić information content (AvgIpc) is 3.17. The van der Waals surface area contributed by atoms with Gasteiger partial charge in [0.15, 0.2) is 0 Å². The van der Waals surface area contributed by atoms with Crippen LogP contribution in [0, 0.1) is 25.1 Å². The fourth-order valence-electron chi connectivity index (χ4n) is 2.73. The smallest absolute Gasteiger partial charge is 0.322 e. The molecule has 0 bridgehead atoms. The Hall–Kier alpha value is -4.12. The number of rotatable bonds is 6. The Bertz CT molecular complexity index is 1090. The number of halogens is 1. The number of benzene rings is 1. The number of aryl methyl sites for hydroxylation is 1. The maximum Gasteiger partial charge on any atom is 0.322 e. The zero-order chi connectivity index (χ0) is 21.5. The third-order valence-electron chi connectivity index (χ3n) is 4.23. The number of carbonyl (C=O) groups is 2. The second-order valence-electron chi connectivity index (χ2n) is 6.39. The highest BCUT2D eigenvalue weighted by atomic mass is 19.1. The molecule has 0 saturated heterocycles. The minimum atomic E-state index is -0.640. The van der Waals surface area contributed by atoms with Crippen LogP contribution in [-0.4, -0.2) is 28.4 Å². The Morgan fingerprint density at radius 3 is 2.77 bits per heavy atom. The summed E-state index contributed by atoms with van der Waals surface area (Å²) in [6, 6.07) is 8.49. The highest BCUT2D eigenvalue weighted by Gasteiger charge is 2.17. The van der Waals surface area contributed by atoms with E-state index in [1.807, 2.05) is 6.07 Å². The first-order valence-corrected chi connectivity index (χ1v) is 9.01. The average molecular weight is 406 g/mol. The normalized spacial score (nSPS) is 10.2. The Kier molecular flexibility index (Phi) is 6.45. The number of nitrogens with one attached hydrogen (secondary N) is 2. The second kappa shape index (κ2) is 9.39. The Balaban J connectivity index is 1.73. The van der Waals surface area contributed by atoms with Crippen molar-refractivity contribution >= 4 is 23.3 Å². The molecular formula is C22H19FN4O3. The molecule has 1 aromatic carbocycles. The number of nitrogens with zero attached hydrogens (tertiary/aromatic N) is 2. The highest BCUT2D eigenvalue weighted by Crippen LogP contribution is 2.22. The van der Waals surface area contributed by atoms with Gasteiger partial charge >= 0.3 is 6.03 Å². The monoisotopic (exact) mass is 406 g/mol. The minimum absolute atomic E-state index is 0.0747. The number of hydrogen-bond acceptors (Lipinski definition) is 4. The molecule has 0 aliphatic rings. The molecule has 30 heavy (non-hydrogen) atoms. The fourth-order valence-corrected chi connectivity index (χ4v) is 2.73. The molecule has 0 aliphatic carbocycles. The summed E-state index contributed by atoms with van der Waals surface area (Å²) in [5.41, 5.74) is 1.33. The van der Waals surface area contributed by atoms with Gasteiger partial charge in [-0.2, -0.15) is 0 Å². The van der Waals surface area contributed by atoms with Crippen LogP contribution in [0.4, 0.5) is 20.6 Å². The van der Waals surface area contributed by atoms with E-state index in [-0.39, 0.29) is 18.8 Å². The number of amides is 3. The predicted octanol–water partition coefficient (Wildman–Crippen LogP) is 4.04.